The minimum Gasteiger partial charge on any atom is -0.466 e. The summed E-state index contributed by atoms with van der Waals surface area (Å²) in [7, 11) is 0. The molecule has 3 heterocycles. The fourth-order valence-corrected chi connectivity index (χ4v) is 3.06. The van der Waals surface area contributed by atoms with Crippen LogP contribution in [0, 0.1) is 16.0 Å². The number of anilines is 3. The Balaban J connectivity index is 1.89. The highest BCUT2D eigenvalue weighted by Gasteiger charge is 2.33. The van der Waals surface area contributed by atoms with Crippen molar-refractivity contribution in [3.8, 4) is 0 Å². The van der Waals surface area contributed by atoms with Crippen molar-refractivity contribution in [2.75, 3.05) is 29.9 Å². The summed E-state index contributed by atoms with van der Waals surface area (Å²) in [5.41, 5.74) is 0.346. The van der Waals surface area contributed by atoms with Crippen LogP contribution in [0.4, 0.5) is 23.0 Å². The van der Waals surface area contributed by atoms with Gasteiger partial charge in [0.15, 0.2) is 0 Å². The highest BCUT2D eigenvalue weighted by molar-refractivity contribution is 5.76. The van der Waals surface area contributed by atoms with E-state index in [0.717, 1.165) is 6.42 Å². The molecule has 0 aromatic carbocycles. The van der Waals surface area contributed by atoms with Crippen LogP contribution in [0.15, 0.2) is 30.9 Å². The fourth-order valence-electron chi connectivity index (χ4n) is 3.06. The van der Waals surface area contributed by atoms with Gasteiger partial charge in [-0.2, -0.15) is 0 Å². The van der Waals surface area contributed by atoms with Gasteiger partial charge in [-0.05, 0) is 31.9 Å². The Morgan fingerprint density at radius 2 is 2.33 bits per heavy atom. The Morgan fingerprint density at radius 3 is 3.04 bits per heavy atom. The van der Waals surface area contributed by atoms with Gasteiger partial charge in [-0.3, -0.25) is 19.9 Å². The normalized spacial score (nSPS) is 16.6. The monoisotopic (exact) mass is 372 g/mol. The number of hydrogen-bond donors (Lipinski definition) is 1. The maximum atomic E-state index is 12.1. The predicted octanol–water partition coefficient (Wildman–Crippen LogP) is 2.30. The van der Waals surface area contributed by atoms with Crippen LogP contribution in [0.1, 0.15) is 19.8 Å². The van der Waals surface area contributed by atoms with E-state index in [1.807, 2.05) is 0 Å². The molecule has 2 aromatic rings. The summed E-state index contributed by atoms with van der Waals surface area (Å²) in [5.74, 6) is -0.345. The van der Waals surface area contributed by atoms with E-state index >= 15 is 0 Å². The molecule has 10 heteroatoms. The first kappa shape index (κ1) is 18.5. The molecule has 1 fully saturated rings. The SMILES string of the molecule is CCOC(=O)C1CCCN(c2ncnc(Nc3cccnc3)c2[N+](=O)[O-])C1. The van der Waals surface area contributed by atoms with E-state index < -0.39 is 4.92 Å². The molecule has 1 atom stereocenters. The van der Waals surface area contributed by atoms with Crippen LogP contribution < -0.4 is 10.2 Å². The molecule has 1 aliphatic rings. The van der Waals surface area contributed by atoms with Gasteiger partial charge in [0.25, 0.3) is 0 Å². The summed E-state index contributed by atoms with van der Waals surface area (Å²) in [5, 5.41) is 14.7. The second-order valence-electron chi connectivity index (χ2n) is 6.06. The number of aromatic nitrogens is 3. The lowest BCUT2D eigenvalue weighted by atomic mass is 9.98. The number of pyridine rings is 1. The average Bonchev–Trinajstić information content (AvgIpc) is 2.68. The van der Waals surface area contributed by atoms with Gasteiger partial charge in [-0.15, -0.1) is 0 Å². The van der Waals surface area contributed by atoms with Gasteiger partial charge in [0, 0.05) is 19.3 Å². The fraction of sp³-hybridized carbons (Fsp3) is 0.412. The highest BCUT2D eigenvalue weighted by atomic mass is 16.6. The van der Waals surface area contributed by atoms with Crippen LogP contribution in [-0.2, 0) is 9.53 Å². The molecule has 142 valence electrons. The van der Waals surface area contributed by atoms with Crippen molar-refractivity contribution in [2.24, 2.45) is 5.92 Å². The Morgan fingerprint density at radius 1 is 1.48 bits per heavy atom. The number of ether oxygens (including phenoxy) is 1. The molecule has 0 aliphatic carbocycles. The number of nitrogens with one attached hydrogen (secondary N) is 1. The Bertz CT molecular complexity index is 816. The minimum atomic E-state index is -0.512. The zero-order chi connectivity index (χ0) is 19.2. The Kier molecular flexibility index (Phi) is 5.74. The van der Waals surface area contributed by atoms with Crippen LogP contribution in [-0.4, -0.2) is 45.5 Å². The van der Waals surface area contributed by atoms with Gasteiger partial charge in [-0.25, -0.2) is 9.97 Å². The number of carbonyl (C=O) groups excluding carboxylic acids is 1. The van der Waals surface area contributed by atoms with Crippen LogP contribution in [0.2, 0.25) is 0 Å². The second-order valence-corrected chi connectivity index (χ2v) is 6.06. The molecule has 10 nitrogen and oxygen atoms in total. The van der Waals surface area contributed by atoms with Gasteiger partial charge in [0.1, 0.15) is 6.33 Å². The smallest absolute Gasteiger partial charge is 0.353 e. The molecule has 2 aromatic heterocycles. The summed E-state index contributed by atoms with van der Waals surface area (Å²) in [6.45, 7) is 2.95. The van der Waals surface area contributed by atoms with E-state index in [1.54, 1.807) is 36.4 Å². The minimum absolute atomic E-state index is 0.0799. The molecule has 0 amide bonds. The first-order valence-electron chi connectivity index (χ1n) is 8.68. The molecule has 1 N–H and O–H groups in total. The van der Waals surface area contributed by atoms with E-state index in [9.17, 15) is 14.9 Å². The molecule has 1 unspecified atom stereocenters. The summed E-state index contributed by atoms with van der Waals surface area (Å²) in [6.07, 6.45) is 5.83. The Hall–Kier alpha value is -3.30. The zero-order valence-corrected chi connectivity index (χ0v) is 14.9. The number of rotatable bonds is 6. The highest BCUT2D eigenvalue weighted by Crippen LogP contribution is 2.35. The third-order valence-electron chi connectivity index (χ3n) is 4.25. The maximum Gasteiger partial charge on any atom is 0.353 e. The first-order chi connectivity index (χ1) is 13.1. The van der Waals surface area contributed by atoms with E-state index in [-0.39, 0.29) is 29.2 Å². The molecule has 1 saturated heterocycles. The Labute approximate surface area is 155 Å². The lowest BCUT2D eigenvalue weighted by molar-refractivity contribution is -0.383. The van der Waals surface area contributed by atoms with Gasteiger partial charge >= 0.3 is 11.7 Å². The van der Waals surface area contributed by atoms with Crippen molar-refractivity contribution >= 4 is 29.0 Å². The molecular weight excluding hydrogens is 352 g/mol. The van der Waals surface area contributed by atoms with E-state index in [4.69, 9.17) is 4.74 Å². The van der Waals surface area contributed by atoms with E-state index in [1.165, 1.54) is 6.33 Å². The third-order valence-corrected chi connectivity index (χ3v) is 4.25. The molecule has 0 radical (unpaired) electrons. The van der Waals surface area contributed by atoms with Gasteiger partial charge in [0.2, 0.25) is 11.6 Å². The summed E-state index contributed by atoms with van der Waals surface area (Å²) in [6, 6.07) is 3.45. The second kappa shape index (κ2) is 8.39. The number of carbonyl (C=O) groups is 1. The van der Waals surface area contributed by atoms with Crippen molar-refractivity contribution < 1.29 is 14.5 Å². The number of piperidine rings is 1. The lowest BCUT2D eigenvalue weighted by Crippen LogP contribution is -2.40. The van der Waals surface area contributed by atoms with E-state index in [0.29, 0.717) is 31.8 Å². The average molecular weight is 372 g/mol. The number of nitrogens with zero attached hydrogens (tertiary/aromatic N) is 5. The predicted molar refractivity (Wildman–Crippen MR) is 97.8 cm³/mol. The van der Waals surface area contributed by atoms with Crippen LogP contribution in [0.25, 0.3) is 0 Å². The molecule has 0 saturated carbocycles. The molecular formula is C17H20N6O4. The van der Waals surface area contributed by atoms with Gasteiger partial charge in [0.05, 0.1) is 29.3 Å². The van der Waals surface area contributed by atoms with E-state index in [2.05, 4.69) is 20.3 Å². The molecule has 27 heavy (non-hydrogen) atoms. The van der Waals surface area contributed by atoms with Crippen LogP contribution >= 0.6 is 0 Å². The van der Waals surface area contributed by atoms with Crippen molar-refractivity contribution in [3.63, 3.8) is 0 Å². The van der Waals surface area contributed by atoms with Crippen LogP contribution in [0.3, 0.4) is 0 Å². The number of hydrogen-bond acceptors (Lipinski definition) is 9. The molecule has 1 aliphatic heterocycles. The maximum absolute atomic E-state index is 12.1. The van der Waals surface area contributed by atoms with Gasteiger partial charge < -0.3 is 15.0 Å². The molecule has 3 rings (SSSR count). The summed E-state index contributed by atoms with van der Waals surface area (Å²) >= 11 is 0. The quantitative estimate of drug-likeness (QED) is 0.462. The molecule has 0 spiro atoms. The topological polar surface area (TPSA) is 123 Å². The first-order valence-corrected chi connectivity index (χ1v) is 8.68. The molecule has 0 bridgehead atoms. The van der Waals surface area contributed by atoms with Gasteiger partial charge in [-0.1, -0.05) is 0 Å². The van der Waals surface area contributed by atoms with Crippen molar-refractivity contribution in [1.82, 2.24) is 15.0 Å². The lowest BCUT2D eigenvalue weighted by Gasteiger charge is -2.32. The standard InChI is InChI=1S/C17H20N6O4/c1-2-27-17(24)12-5-4-8-22(10-12)16-14(23(25)26)15(19-11-20-16)21-13-6-3-7-18-9-13/h3,6-7,9,11-12H,2,4-5,8,10H2,1H3,(H,19,20,21). The zero-order valence-electron chi connectivity index (χ0n) is 14.9. The number of nitro groups is 1. The van der Waals surface area contributed by atoms with Crippen molar-refractivity contribution in [1.29, 1.82) is 0 Å². The summed E-state index contributed by atoms with van der Waals surface area (Å²) in [4.78, 5) is 37.2. The number of esters is 1. The third kappa shape index (κ3) is 4.27. The van der Waals surface area contributed by atoms with Crippen molar-refractivity contribution in [3.05, 3.63) is 41.0 Å². The van der Waals surface area contributed by atoms with Crippen molar-refractivity contribution in [2.45, 2.75) is 19.8 Å². The van der Waals surface area contributed by atoms with Crippen LogP contribution in [0.5, 0.6) is 0 Å². The summed E-state index contributed by atoms with van der Waals surface area (Å²) < 4.78 is 5.09. The largest absolute Gasteiger partial charge is 0.466 e.